The summed E-state index contributed by atoms with van der Waals surface area (Å²) in [5.41, 5.74) is 1.36. The molecule has 0 spiro atoms. The van der Waals surface area contributed by atoms with Crippen molar-refractivity contribution >= 4 is 28.9 Å². The van der Waals surface area contributed by atoms with Crippen LogP contribution in [-0.4, -0.2) is 49.7 Å². The van der Waals surface area contributed by atoms with E-state index < -0.39 is 5.97 Å². The van der Waals surface area contributed by atoms with E-state index in [9.17, 15) is 9.90 Å². The summed E-state index contributed by atoms with van der Waals surface area (Å²) in [6.07, 6.45) is 20.3. The maximum atomic E-state index is 12.0. The van der Waals surface area contributed by atoms with Gasteiger partial charge in [0.25, 0.3) is 0 Å². The first-order valence-corrected chi connectivity index (χ1v) is 15.0. The summed E-state index contributed by atoms with van der Waals surface area (Å²) in [5, 5.41) is 13.4. The molecule has 8 heteroatoms. The Kier molecular flexibility index (Phi) is 7.20. The number of nitrogens with one attached hydrogen (secondary N) is 1. The Morgan fingerprint density at radius 1 is 1.03 bits per heavy atom. The molecule has 3 aliphatic carbocycles. The number of aromatic nitrogens is 4. The molecule has 3 atom stereocenters. The van der Waals surface area contributed by atoms with E-state index in [2.05, 4.69) is 37.6 Å². The number of terminal acetylenes is 1. The van der Waals surface area contributed by atoms with E-state index in [0.717, 1.165) is 62.7 Å². The van der Waals surface area contributed by atoms with E-state index in [0.29, 0.717) is 35.1 Å². The highest BCUT2D eigenvalue weighted by molar-refractivity contribution is 5.91. The molecule has 2 N–H and O–H groups in total. The minimum atomic E-state index is -1.11. The molecule has 2 aromatic rings. The SMILES string of the molecule is C#CC1CCC(Cn2c(N3CCC4CCCCC4C3)nc3nc(C(=O)O)nc(NC(C)C4CCC4)c32)CC1. The van der Waals surface area contributed by atoms with Crippen LogP contribution in [0.15, 0.2) is 0 Å². The van der Waals surface area contributed by atoms with Gasteiger partial charge in [0.1, 0.15) is 5.52 Å². The Hall–Kier alpha value is -2.82. The lowest BCUT2D eigenvalue weighted by Crippen LogP contribution is -2.43. The van der Waals surface area contributed by atoms with Crippen LogP contribution in [0, 0.1) is 41.9 Å². The van der Waals surface area contributed by atoms with E-state index in [1.54, 1.807) is 0 Å². The Labute approximate surface area is 226 Å². The number of hydrogen-bond donors (Lipinski definition) is 2. The second-order valence-corrected chi connectivity index (χ2v) is 12.4. The third-order valence-electron chi connectivity index (χ3n) is 10.1. The largest absolute Gasteiger partial charge is 0.475 e. The van der Waals surface area contributed by atoms with Crippen molar-refractivity contribution < 1.29 is 9.90 Å². The molecule has 2 aromatic heterocycles. The summed E-state index contributed by atoms with van der Waals surface area (Å²) in [4.78, 5) is 28.5. The molecule has 6 rings (SSSR count). The molecule has 1 aliphatic heterocycles. The van der Waals surface area contributed by atoms with Gasteiger partial charge in [-0.2, -0.15) is 4.98 Å². The summed E-state index contributed by atoms with van der Waals surface area (Å²) in [7, 11) is 0. The van der Waals surface area contributed by atoms with Gasteiger partial charge in [-0.1, -0.05) is 25.7 Å². The molecular weight excluding hydrogens is 476 g/mol. The van der Waals surface area contributed by atoms with Gasteiger partial charge in [-0.15, -0.1) is 12.3 Å². The van der Waals surface area contributed by atoms with Crippen LogP contribution in [0.1, 0.15) is 94.6 Å². The first-order chi connectivity index (χ1) is 18.5. The highest BCUT2D eigenvalue weighted by Crippen LogP contribution is 2.40. The van der Waals surface area contributed by atoms with Crippen molar-refractivity contribution in [3.8, 4) is 12.3 Å². The molecule has 3 heterocycles. The summed E-state index contributed by atoms with van der Waals surface area (Å²) in [5.74, 6) is 6.26. The average molecular weight is 519 g/mol. The Bertz CT molecular complexity index is 1210. The number of carboxylic acid groups (broad SMARTS) is 1. The number of aromatic carboxylic acids is 1. The molecule has 8 nitrogen and oxygen atoms in total. The van der Waals surface area contributed by atoms with E-state index in [1.807, 2.05) is 0 Å². The lowest BCUT2D eigenvalue weighted by Gasteiger charge is -2.42. The molecule has 0 bridgehead atoms. The average Bonchev–Trinajstić information content (AvgIpc) is 3.26. The molecule has 4 aliphatic rings. The van der Waals surface area contributed by atoms with Crippen molar-refractivity contribution in [1.29, 1.82) is 0 Å². The number of rotatable bonds is 7. The standard InChI is InChI=1S/C30H42N6O2/c1-3-20-11-13-21(14-12-20)17-36-25-26(31-19(2)22-9-6-10-22)32-28(29(37)38)33-27(25)34-30(36)35-16-15-23-7-4-5-8-24(23)18-35/h1,19-24H,4-18H2,2H3,(H,37,38)(H,31,32,33). The van der Waals surface area contributed by atoms with Crippen molar-refractivity contribution in [3.05, 3.63) is 5.82 Å². The first-order valence-electron chi connectivity index (χ1n) is 15.0. The molecule has 204 valence electrons. The number of carbonyl (C=O) groups is 1. The molecule has 3 unspecified atom stereocenters. The van der Waals surface area contributed by atoms with Crippen molar-refractivity contribution in [2.24, 2.45) is 29.6 Å². The molecule has 0 radical (unpaired) electrons. The van der Waals surface area contributed by atoms with Gasteiger partial charge in [-0.05, 0) is 82.0 Å². The number of hydrogen-bond acceptors (Lipinski definition) is 6. The van der Waals surface area contributed by atoms with E-state index in [4.69, 9.17) is 11.4 Å². The quantitative estimate of drug-likeness (QED) is 0.462. The third kappa shape index (κ3) is 4.97. The fraction of sp³-hybridized carbons (Fsp3) is 0.733. The van der Waals surface area contributed by atoms with Crippen LogP contribution in [-0.2, 0) is 6.54 Å². The van der Waals surface area contributed by atoms with Crippen LogP contribution in [0.4, 0.5) is 11.8 Å². The van der Waals surface area contributed by atoms with Gasteiger partial charge < -0.3 is 19.9 Å². The molecule has 4 fully saturated rings. The van der Waals surface area contributed by atoms with Crippen LogP contribution in [0.2, 0.25) is 0 Å². The summed E-state index contributed by atoms with van der Waals surface area (Å²) < 4.78 is 2.33. The lowest BCUT2D eigenvalue weighted by atomic mass is 9.75. The van der Waals surface area contributed by atoms with Crippen molar-refractivity contribution in [3.63, 3.8) is 0 Å². The Balaban J connectivity index is 1.39. The molecule has 0 amide bonds. The lowest BCUT2D eigenvalue weighted by molar-refractivity contribution is 0.0684. The second-order valence-electron chi connectivity index (χ2n) is 12.4. The van der Waals surface area contributed by atoms with Gasteiger partial charge >= 0.3 is 5.97 Å². The number of anilines is 2. The van der Waals surface area contributed by atoms with E-state index in [-0.39, 0.29) is 11.9 Å². The zero-order valence-electron chi connectivity index (χ0n) is 22.7. The molecule has 38 heavy (non-hydrogen) atoms. The van der Waals surface area contributed by atoms with Crippen molar-refractivity contribution in [2.45, 2.75) is 96.6 Å². The number of nitrogens with zero attached hydrogens (tertiary/aromatic N) is 5. The van der Waals surface area contributed by atoms with Crippen LogP contribution >= 0.6 is 0 Å². The summed E-state index contributed by atoms with van der Waals surface area (Å²) in [6, 6.07) is 0.222. The van der Waals surface area contributed by atoms with E-state index in [1.165, 1.54) is 51.4 Å². The number of imidazole rings is 1. The maximum Gasteiger partial charge on any atom is 0.374 e. The summed E-state index contributed by atoms with van der Waals surface area (Å²) >= 11 is 0. The highest BCUT2D eigenvalue weighted by Gasteiger charge is 2.35. The normalized spacial score (nSPS) is 28.8. The fourth-order valence-corrected chi connectivity index (χ4v) is 7.46. The maximum absolute atomic E-state index is 12.0. The topological polar surface area (TPSA) is 96.2 Å². The number of fused-ring (bicyclic) bond motifs is 2. The van der Waals surface area contributed by atoms with Gasteiger partial charge in [0.2, 0.25) is 11.8 Å². The zero-order chi connectivity index (χ0) is 26.2. The predicted octanol–water partition coefficient (Wildman–Crippen LogP) is 5.58. The van der Waals surface area contributed by atoms with Crippen molar-refractivity contribution in [1.82, 2.24) is 19.5 Å². The number of carboxylic acids is 1. The minimum Gasteiger partial charge on any atom is -0.475 e. The Morgan fingerprint density at radius 2 is 1.79 bits per heavy atom. The smallest absolute Gasteiger partial charge is 0.374 e. The monoisotopic (exact) mass is 518 g/mol. The van der Waals surface area contributed by atoms with Crippen LogP contribution in [0.3, 0.4) is 0 Å². The third-order valence-corrected chi connectivity index (χ3v) is 10.1. The van der Waals surface area contributed by atoms with Gasteiger partial charge in [0.05, 0.1) is 0 Å². The molecule has 0 aromatic carbocycles. The van der Waals surface area contributed by atoms with Crippen molar-refractivity contribution in [2.75, 3.05) is 23.3 Å². The first kappa shape index (κ1) is 25.5. The second kappa shape index (κ2) is 10.7. The zero-order valence-corrected chi connectivity index (χ0v) is 22.7. The Morgan fingerprint density at radius 3 is 2.47 bits per heavy atom. The minimum absolute atomic E-state index is 0.183. The van der Waals surface area contributed by atoms with Gasteiger partial charge in [0.15, 0.2) is 11.5 Å². The van der Waals surface area contributed by atoms with Crippen LogP contribution < -0.4 is 10.2 Å². The fourth-order valence-electron chi connectivity index (χ4n) is 7.46. The highest BCUT2D eigenvalue weighted by atomic mass is 16.4. The molecular formula is C30H42N6O2. The molecule has 3 saturated carbocycles. The van der Waals surface area contributed by atoms with Crippen LogP contribution in [0.5, 0.6) is 0 Å². The molecule has 1 saturated heterocycles. The van der Waals surface area contributed by atoms with Gasteiger partial charge in [0, 0.05) is 31.6 Å². The van der Waals surface area contributed by atoms with E-state index >= 15 is 0 Å². The number of piperidine rings is 1. The predicted molar refractivity (Wildman–Crippen MR) is 149 cm³/mol. The summed E-state index contributed by atoms with van der Waals surface area (Å²) in [6.45, 7) is 5.05. The van der Waals surface area contributed by atoms with Gasteiger partial charge in [-0.25, -0.2) is 14.8 Å². The van der Waals surface area contributed by atoms with Crippen LogP contribution in [0.25, 0.3) is 11.2 Å². The van der Waals surface area contributed by atoms with Gasteiger partial charge in [-0.3, -0.25) is 0 Å².